The average molecular weight is 386 g/mol. The predicted molar refractivity (Wildman–Crippen MR) is 101 cm³/mol. The van der Waals surface area contributed by atoms with Crippen LogP contribution in [-0.2, 0) is 11.0 Å². The number of amides is 1. The Kier molecular flexibility index (Phi) is 7.91. The smallest absolute Gasteiger partial charge is 0.369 e. The number of halogens is 3. The Hall–Kier alpha value is -1.80. The monoisotopic (exact) mass is 386 g/mol. The number of piperazine rings is 1. The second-order valence-electron chi connectivity index (χ2n) is 6.92. The van der Waals surface area contributed by atoms with Gasteiger partial charge in [0.25, 0.3) is 0 Å². The molecule has 8 heteroatoms. The van der Waals surface area contributed by atoms with E-state index in [1.54, 1.807) is 6.07 Å². The fourth-order valence-corrected chi connectivity index (χ4v) is 3.20. The molecule has 0 radical (unpaired) electrons. The molecule has 3 N–H and O–H groups in total. The fourth-order valence-electron chi connectivity index (χ4n) is 3.20. The molecular weight excluding hydrogens is 357 g/mol. The summed E-state index contributed by atoms with van der Waals surface area (Å²) in [4.78, 5) is 16.0. The number of carbonyl (C=O) groups is 1. The van der Waals surface area contributed by atoms with Gasteiger partial charge in [-0.05, 0) is 37.6 Å². The highest BCUT2D eigenvalue weighted by atomic mass is 19.4. The number of nitrogens with zero attached hydrogens (tertiary/aromatic N) is 2. The van der Waals surface area contributed by atoms with Gasteiger partial charge in [-0.15, -0.1) is 0 Å². The van der Waals surface area contributed by atoms with Gasteiger partial charge in [0, 0.05) is 38.4 Å². The number of carbonyl (C=O) groups excluding carboxylic acids is 1. The van der Waals surface area contributed by atoms with Crippen molar-refractivity contribution in [1.82, 2.24) is 10.2 Å². The van der Waals surface area contributed by atoms with Crippen molar-refractivity contribution in [3.8, 4) is 0 Å². The second kappa shape index (κ2) is 9.94. The largest absolute Gasteiger partial charge is 0.416 e. The van der Waals surface area contributed by atoms with Crippen molar-refractivity contribution < 1.29 is 18.0 Å². The zero-order valence-electron chi connectivity index (χ0n) is 15.8. The van der Waals surface area contributed by atoms with Crippen LogP contribution in [0.25, 0.3) is 0 Å². The third kappa shape index (κ3) is 6.70. The van der Waals surface area contributed by atoms with Gasteiger partial charge in [0.2, 0.25) is 5.91 Å². The molecule has 0 aromatic heterocycles. The molecule has 27 heavy (non-hydrogen) atoms. The number of nitrogens with two attached hydrogens (primary N) is 1. The number of anilines is 1. The van der Waals surface area contributed by atoms with E-state index >= 15 is 0 Å². The lowest BCUT2D eigenvalue weighted by Gasteiger charge is -2.36. The zero-order valence-corrected chi connectivity index (χ0v) is 15.8. The van der Waals surface area contributed by atoms with Crippen molar-refractivity contribution >= 4 is 11.6 Å². The van der Waals surface area contributed by atoms with E-state index in [9.17, 15) is 18.0 Å². The topological polar surface area (TPSA) is 61.6 Å². The van der Waals surface area contributed by atoms with Gasteiger partial charge in [-0.25, -0.2) is 0 Å². The molecule has 1 aliphatic rings. The molecule has 0 spiro atoms. The molecule has 1 aliphatic heterocycles. The Bertz CT molecular complexity index is 601. The van der Waals surface area contributed by atoms with Crippen LogP contribution in [0.4, 0.5) is 18.9 Å². The summed E-state index contributed by atoms with van der Waals surface area (Å²) in [6, 6.07) is 5.05. The van der Waals surface area contributed by atoms with Crippen molar-refractivity contribution in [1.29, 1.82) is 0 Å². The summed E-state index contributed by atoms with van der Waals surface area (Å²) >= 11 is 0. The van der Waals surface area contributed by atoms with E-state index in [0.717, 1.165) is 38.5 Å². The van der Waals surface area contributed by atoms with E-state index in [-0.39, 0.29) is 5.91 Å². The third-order valence-corrected chi connectivity index (χ3v) is 4.80. The lowest BCUT2D eigenvalue weighted by Crippen LogP contribution is -2.47. The van der Waals surface area contributed by atoms with Gasteiger partial charge in [-0.1, -0.05) is 19.4 Å². The molecule has 1 aromatic rings. The molecule has 0 saturated carbocycles. The lowest BCUT2D eigenvalue weighted by molar-refractivity contribution is -0.137. The van der Waals surface area contributed by atoms with Crippen LogP contribution in [0.3, 0.4) is 0 Å². The van der Waals surface area contributed by atoms with E-state index in [1.807, 2.05) is 11.8 Å². The van der Waals surface area contributed by atoms with Crippen LogP contribution < -0.4 is 16.0 Å². The summed E-state index contributed by atoms with van der Waals surface area (Å²) in [7, 11) is 0. The van der Waals surface area contributed by atoms with Gasteiger partial charge in [0.1, 0.15) is 0 Å². The highest BCUT2D eigenvalue weighted by Crippen LogP contribution is 2.31. The number of rotatable bonds is 8. The highest BCUT2D eigenvalue weighted by molar-refractivity contribution is 5.81. The van der Waals surface area contributed by atoms with Gasteiger partial charge in [0.05, 0.1) is 11.6 Å². The maximum absolute atomic E-state index is 12.9. The second-order valence-corrected chi connectivity index (χ2v) is 6.92. The SMILES string of the molecule is CCCC(N)C(=O)NCCCN1CCN(c2cccc(C(F)(F)F)c2)CC1. The molecule has 1 aromatic carbocycles. The molecule has 2 rings (SSSR count). The summed E-state index contributed by atoms with van der Waals surface area (Å²) in [6.45, 7) is 6.39. The standard InChI is InChI=1S/C19H29F3N4O/c1-2-5-17(23)18(27)24-8-4-9-25-10-12-26(13-11-25)16-7-3-6-15(14-16)19(20,21)22/h3,6-7,14,17H,2,4-5,8-13,23H2,1H3,(H,24,27). The van der Waals surface area contributed by atoms with E-state index in [4.69, 9.17) is 5.73 Å². The van der Waals surface area contributed by atoms with E-state index in [1.165, 1.54) is 12.1 Å². The normalized spacial score (nSPS) is 17.0. The van der Waals surface area contributed by atoms with Crippen molar-refractivity contribution in [3.05, 3.63) is 29.8 Å². The van der Waals surface area contributed by atoms with E-state index in [0.29, 0.717) is 31.7 Å². The van der Waals surface area contributed by atoms with Crippen LogP contribution in [0.1, 0.15) is 31.7 Å². The van der Waals surface area contributed by atoms with Crippen molar-refractivity contribution in [2.24, 2.45) is 5.73 Å². The minimum absolute atomic E-state index is 0.105. The van der Waals surface area contributed by atoms with Crippen molar-refractivity contribution in [3.63, 3.8) is 0 Å². The highest BCUT2D eigenvalue weighted by Gasteiger charge is 2.31. The summed E-state index contributed by atoms with van der Waals surface area (Å²) in [5.74, 6) is -0.105. The predicted octanol–water partition coefficient (Wildman–Crippen LogP) is 2.46. The van der Waals surface area contributed by atoms with Crippen LogP contribution in [0, 0.1) is 0 Å². The van der Waals surface area contributed by atoms with E-state index in [2.05, 4.69) is 10.2 Å². The van der Waals surface area contributed by atoms with Crippen LogP contribution in [0.15, 0.2) is 24.3 Å². The molecule has 0 bridgehead atoms. The number of alkyl halides is 3. The van der Waals surface area contributed by atoms with Crippen LogP contribution in [-0.4, -0.2) is 56.1 Å². The fraction of sp³-hybridized carbons (Fsp3) is 0.632. The van der Waals surface area contributed by atoms with Gasteiger partial charge < -0.3 is 16.0 Å². The van der Waals surface area contributed by atoms with Gasteiger partial charge in [-0.3, -0.25) is 9.69 Å². The van der Waals surface area contributed by atoms with Crippen LogP contribution in [0.5, 0.6) is 0 Å². The van der Waals surface area contributed by atoms with E-state index < -0.39 is 17.8 Å². The van der Waals surface area contributed by atoms with Crippen molar-refractivity contribution in [2.45, 2.75) is 38.4 Å². The molecule has 1 amide bonds. The first kappa shape index (κ1) is 21.5. The molecule has 1 unspecified atom stereocenters. The minimum Gasteiger partial charge on any atom is -0.369 e. The zero-order chi connectivity index (χ0) is 19.9. The molecule has 1 atom stereocenters. The third-order valence-electron chi connectivity index (χ3n) is 4.80. The Balaban J connectivity index is 1.71. The Morgan fingerprint density at radius 2 is 1.96 bits per heavy atom. The number of benzene rings is 1. The Morgan fingerprint density at radius 1 is 1.26 bits per heavy atom. The summed E-state index contributed by atoms with van der Waals surface area (Å²) in [6.07, 6.45) is -1.93. The molecule has 5 nitrogen and oxygen atoms in total. The summed E-state index contributed by atoms with van der Waals surface area (Å²) < 4.78 is 38.6. The maximum Gasteiger partial charge on any atom is 0.416 e. The first-order valence-corrected chi connectivity index (χ1v) is 9.49. The van der Waals surface area contributed by atoms with Gasteiger partial charge in [-0.2, -0.15) is 13.2 Å². The number of hydrogen-bond donors (Lipinski definition) is 2. The molecule has 0 aliphatic carbocycles. The summed E-state index contributed by atoms with van der Waals surface area (Å²) in [5.41, 5.74) is 5.76. The molecule has 152 valence electrons. The Labute approximate surface area is 158 Å². The average Bonchev–Trinajstić information content (AvgIpc) is 2.65. The molecular formula is C19H29F3N4O. The quantitative estimate of drug-likeness (QED) is 0.674. The first-order chi connectivity index (χ1) is 12.8. The van der Waals surface area contributed by atoms with Crippen LogP contribution >= 0.6 is 0 Å². The van der Waals surface area contributed by atoms with Gasteiger partial charge in [0.15, 0.2) is 0 Å². The van der Waals surface area contributed by atoms with Crippen molar-refractivity contribution in [2.75, 3.05) is 44.2 Å². The molecule has 1 saturated heterocycles. The first-order valence-electron chi connectivity index (χ1n) is 9.49. The van der Waals surface area contributed by atoms with Crippen LogP contribution in [0.2, 0.25) is 0 Å². The maximum atomic E-state index is 12.9. The Morgan fingerprint density at radius 3 is 2.59 bits per heavy atom. The van der Waals surface area contributed by atoms with Gasteiger partial charge >= 0.3 is 6.18 Å². The number of hydrogen-bond acceptors (Lipinski definition) is 4. The molecule has 1 fully saturated rings. The minimum atomic E-state index is -4.32. The summed E-state index contributed by atoms with van der Waals surface area (Å²) in [5, 5.41) is 2.85. The lowest BCUT2D eigenvalue weighted by atomic mass is 10.1. The molecule has 1 heterocycles. The number of nitrogens with one attached hydrogen (secondary N) is 1.